The molecule has 0 saturated carbocycles. The molecule has 0 radical (unpaired) electrons. The van der Waals surface area contributed by atoms with Crippen LogP contribution in [0.3, 0.4) is 0 Å². The summed E-state index contributed by atoms with van der Waals surface area (Å²) in [6.07, 6.45) is 4.91. The molecule has 1 saturated heterocycles. The van der Waals surface area contributed by atoms with Crippen LogP contribution in [0.25, 0.3) is 21.7 Å². The lowest BCUT2D eigenvalue weighted by molar-refractivity contribution is -0.127. The number of aromatic nitrogens is 3. The molecule has 1 fully saturated rings. The van der Waals surface area contributed by atoms with Gasteiger partial charge >= 0.3 is 0 Å². The number of anilines is 1. The van der Waals surface area contributed by atoms with Gasteiger partial charge in [0.05, 0.1) is 39.6 Å². The number of nitrogens with one attached hydrogen (secondary N) is 1. The number of hydrogen-bond acceptors (Lipinski definition) is 8. The van der Waals surface area contributed by atoms with Gasteiger partial charge in [-0.2, -0.15) is 5.26 Å². The number of rotatable bonds is 7. The Morgan fingerprint density at radius 3 is 2.78 bits per heavy atom. The SMILES string of the molecule is Cc1ncc(-c2ccc(C(=O)Nc3nc4cc(CO)ccc4n3CC3CCCN3C(=O)C(C#N)=CC(C)(C)C)s2)o1. The second-order valence-corrected chi connectivity index (χ2v) is 12.3. The Bertz CT molecular complexity index is 1680. The van der Waals surface area contributed by atoms with E-state index < -0.39 is 0 Å². The molecule has 1 unspecified atom stereocenters. The highest BCUT2D eigenvalue weighted by Crippen LogP contribution is 2.31. The zero-order valence-electron chi connectivity index (χ0n) is 23.5. The number of carbonyl (C=O) groups is 2. The van der Waals surface area contributed by atoms with Crippen molar-refractivity contribution in [2.45, 2.75) is 59.7 Å². The highest BCUT2D eigenvalue weighted by atomic mass is 32.1. The molecule has 5 rings (SSSR count). The molecule has 3 aromatic heterocycles. The second-order valence-electron chi connectivity index (χ2n) is 11.2. The zero-order valence-corrected chi connectivity index (χ0v) is 24.3. The lowest BCUT2D eigenvalue weighted by Crippen LogP contribution is -2.39. The number of oxazole rings is 1. The van der Waals surface area contributed by atoms with Crippen molar-refractivity contribution in [2.75, 3.05) is 11.9 Å². The number of carbonyl (C=O) groups excluding carboxylic acids is 2. The third-order valence-electron chi connectivity index (χ3n) is 6.87. The average molecular weight is 573 g/mol. The largest absolute Gasteiger partial charge is 0.440 e. The lowest BCUT2D eigenvalue weighted by atomic mass is 9.93. The van der Waals surface area contributed by atoms with Gasteiger partial charge in [-0.05, 0) is 48.1 Å². The van der Waals surface area contributed by atoms with Crippen LogP contribution in [0.1, 0.15) is 54.7 Å². The number of fused-ring (bicyclic) bond motifs is 1. The van der Waals surface area contributed by atoms with Crippen molar-refractivity contribution in [3.05, 3.63) is 64.5 Å². The molecule has 4 heterocycles. The number of hydrogen-bond donors (Lipinski definition) is 2. The molecular formula is C30H32N6O4S. The van der Waals surface area contributed by atoms with Crippen molar-refractivity contribution in [3.63, 3.8) is 0 Å². The maximum absolute atomic E-state index is 13.4. The van der Waals surface area contributed by atoms with Crippen LogP contribution < -0.4 is 5.32 Å². The number of aliphatic hydroxyl groups excluding tert-OH is 1. The van der Waals surface area contributed by atoms with E-state index in [2.05, 4.69) is 16.4 Å². The Morgan fingerprint density at radius 2 is 2.10 bits per heavy atom. The Labute approximate surface area is 241 Å². The Balaban J connectivity index is 1.45. The van der Waals surface area contributed by atoms with Gasteiger partial charge in [-0.15, -0.1) is 11.3 Å². The number of benzene rings is 1. The molecule has 2 amide bonds. The minimum atomic E-state index is -0.323. The topological polar surface area (TPSA) is 137 Å². The third kappa shape index (κ3) is 6.09. The molecule has 0 spiro atoms. The van der Waals surface area contributed by atoms with Crippen LogP contribution in [0.15, 0.2) is 52.6 Å². The molecule has 2 N–H and O–H groups in total. The van der Waals surface area contributed by atoms with Crippen molar-refractivity contribution < 1.29 is 19.1 Å². The standard InChI is InChI=1S/C30H32N6O4S/c1-18-32-15-24(40-18)25-9-10-26(41-25)27(38)34-29-33-22-12-19(17-37)7-8-23(22)36(29)16-21-6-5-11-35(21)28(39)20(14-31)13-30(2,3)4/h7-10,12-13,15,21,37H,5-6,11,16-17H2,1-4H3,(H,33,34,38). The van der Waals surface area contributed by atoms with Gasteiger partial charge in [0.1, 0.15) is 11.6 Å². The van der Waals surface area contributed by atoms with E-state index >= 15 is 0 Å². The summed E-state index contributed by atoms with van der Waals surface area (Å²) < 4.78 is 7.49. The monoisotopic (exact) mass is 572 g/mol. The van der Waals surface area contributed by atoms with Crippen molar-refractivity contribution in [1.29, 1.82) is 5.26 Å². The van der Waals surface area contributed by atoms with E-state index in [0.717, 1.165) is 23.2 Å². The van der Waals surface area contributed by atoms with Crippen LogP contribution in [0.5, 0.6) is 0 Å². The number of amides is 2. The van der Waals surface area contributed by atoms with Crippen LogP contribution >= 0.6 is 11.3 Å². The van der Waals surface area contributed by atoms with Crippen LogP contribution in [0.2, 0.25) is 0 Å². The van der Waals surface area contributed by atoms with Crippen LogP contribution in [-0.4, -0.2) is 48.9 Å². The van der Waals surface area contributed by atoms with Crippen molar-refractivity contribution >= 4 is 40.1 Å². The summed E-state index contributed by atoms with van der Waals surface area (Å²) in [6.45, 7) is 8.43. The van der Waals surface area contributed by atoms with Gasteiger partial charge in [0.25, 0.3) is 11.8 Å². The Kier molecular flexibility index (Phi) is 7.80. The molecule has 0 bridgehead atoms. The van der Waals surface area contributed by atoms with E-state index in [1.54, 1.807) is 36.2 Å². The summed E-state index contributed by atoms with van der Waals surface area (Å²) >= 11 is 1.29. The number of nitriles is 1. The van der Waals surface area contributed by atoms with Gasteiger partial charge in [0, 0.05) is 20.0 Å². The van der Waals surface area contributed by atoms with Gasteiger partial charge in [-0.25, -0.2) is 9.97 Å². The van der Waals surface area contributed by atoms with Gasteiger partial charge in [-0.3, -0.25) is 14.9 Å². The number of allylic oxidation sites excluding steroid dienone is 1. The van der Waals surface area contributed by atoms with Gasteiger partial charge < -0.3 is 19.0 Å². The number of aryl methyl sites for hydroxylation is 1. The quantitative estimate of drug-likeness (QED) is 0.227. The Hall–Kier alpha value is -4.27. The molecular weight excluding hydrogens is 540 g/mol. The first-order chi connectivity index (χ1) is 19.6. The van der Waals surface area contributed by atoms with Crippen molar-refractivity contribution in [1.82, 2.24) is 19.4 Å². The normalized spacial score (nSPS) is 15.9. The first-order valence-corrected chi connectivity index (χ1v) is 14.3. The van der Waals surface area contributed by atoms with E-state index in [9.17, 15) is 20.0 Å². The smallest absolute Gasteiger partial charge is 0.268 e. The molecule has 1 atom stereocenters. The second kappa shape index (κ2) is 11.3. The molecule has 1 aromatic carbocycles. The zero-order chi connectivity index (χ0) is 29.3. The van der Waals surface area contributed by atoms with E-state index in [-0.39, 0.29) is 35.5 Å². The summed E-state index contributed by atoms with van der Waals surface area (Å²) in [6, 6.07) is 10.9. The maximum Gasteiger partial charge on any atom is 0.268 e. The molecule has 4 aromatic rings. The average Bonchev–Trinajstić information content (AvgIpc) is 3.73. The molecule has 10 nitrogen and oxygen atoms in total. The van der Waals surface area contributed by atoms with Gasteiger partial charge in [0.2, 0.25) is 5.95 Å². The summed E-state index contributed by atoms with van der Waals surface area (Å²) in [4.78, 5) is 38.6. The number of imidazole rings is 1. The van der Waals surface area contributed by atoms with E-state index in [1.165, 1.54) is 11.3 Å². The van der Waals surface area contributed by atoms with Crippen LogP contribution in [-0.2, 0) is 17.9 Å². The Morgan fingerprint density at radius 1 is 1.29 bits per heavy atom. The fourth-order valence-corrected chi connectivity index (χ4v) is 5.87. The summed E-state index contributed by atoms with van der Waals surface area (Å²) in [5.41, 5.74) is 1.92. The van der Waals surface area contributed by atoms with Crippen molar-refractivity contribution in [3.8, 4) is 16.7 Å². The van der Waals surface area contributed by atoms with Gasteiger partial charge in [-0.1, -0.05) is 32.9 Å². The van der Waals surface area contributed by atoms with Crippen LogP contribution in [0, 0.1) is 23.7 Å². The highest BCUT2D eigenvalue weighted by Gasteiger charge is 2.32. The molecule has 212 valence electrons. The highest BCUT2D eigenvalue weighted by molar-refractivity contribution is 7.17. The molecule has 11 heteroatoms. The molecule has 1 aliphatic heterocycles. The summed E-state index contributed by atoms with van der Waals surface area (Å²) in [7, 11) is 0. The minimum absolute atomic E-state index is 0.133. The first-order valence-electron chi connectivity index (χ1n) is 13.4. The molecule has 41 heavy (non-hydrogen) atoms. The lowest BCUT2D eigenvalue weighted by Gasteiger charge is -2.26. The number of likely N-dealkylation sites (tertiary alicyclic amines) is 1. The number of thiophene rings is 1. The van der Waals surface area contributed by atoms with E-state index in [1.807, 2.05) is 43.5 Å². The molecule has 0 aliphatic carbocycles. The fourth-order valence-electron chi connectivity index (χ4n) is 5.02. The first kappa shape index (κ1) is 28.3. The van der Waals surface area contributed by atoms with Gasteiger partial charge in [0.15, 0.2) is 11.7 Å². The maximum atomic E-state index is 13.4. The van der Waals surface area contributed by atoms with E-state index in [0.29, 0.717) is 46.6 Å². The predicted octanol–water partition coefficient (Wildman–Crippen LogP) is 5.29. The summed E-state index contributed by atoms with van der Waals surface area (Å²) in [5.74, 6) is 0.881. The summed E-state index contributed by atoms with van der Waals surface area (Å²) in [5, 5.41) is 22.3. The fraction of sp³-hybridized carbons (Fsp3) is 0.367. The minimum Gasteiger partial charge on any atom is -0.440 e. The van der Waals surface area contributed by atoms with E-state index in [4.69, 9.17) is 9.40 Å². The predicted molar refractivity (Wildman–Crippen MR) is 156 cm³/mol. The van der Waals surface area contributed by atoms with Crippen LogP contribution in [0.4, 0.5) is 5.95 Å². The number of aliphatic hydroxyl groups is 1. The van der Waals surface area contributed by atoms with Crippen molar-refractivity contribution in [2.24, 2.45) is 5.41 Å². The number of nitrogens with zero attached hydrogens (tertiary/aromatic N) is 5. The molecule has 1 aliphatic rings. The third-order valence-corrected chi connectivity index (χ3v) is 7.97.